The van der Waals surface area contributed by atoms with Crippen molar-refractivity contribution in [2.24, 2.45) is 5.92 Å². The summed E-state index contributed by atoms with van der Waals surface area (Å²) in [5.74, 6) is 1.85. The van der Waals surface area contributed by atoms with Gasteiger partial charge in [-0.2, -0.15) is 0 Å². The molecule has 5 heteroatoms. The maximum atomic E-state index is 12.2. The van der Waals surface area contributed by atoms with Gasteiger partial charge in [0.15, 0.2) is 0 Å². The number of carbonyl (C=O) groups is 1. The number of hydrogen-bond donors (Lipinski definition) is 1. The van der Waals surface area contributed by atoms with Crippen molar-refractivity contribution in [3.05, 3.63) is 18.2 Å². The van der Waals surface area contributed by atoms with Gasteiger partial charge >= 0.3 is 0 Å². The minimum Gasteiger partial charge on any atom is -0.349 e. The molecule has 5 nitrogen and oxygen atoms in total. The highest BCUT2D eigenvalue weighted by Gasteiger charge is 2.19. The number of hydrogen-bond acceptors (Lipinski definition) is 3. The van der Waals surface area contributed by atoms with E-state index in [1.807, 2.05) is 4.90 Å². The van der Waals surface area contributed by atoms with E-state index in [0.717, 1.165) is 45.0 Å². The van der Waals surface area contributed by atoms with E-state index < -0.39 is 0 Å². The highest BCUT2D eigenvalue weighted by atomic mass is 16.2. The third-order valence-corrected chi connectivity index (χ3v) is 3.70. The van der Waals surface area contributed by atoms with Crippen LogP contribution in [0.4, 0.5) is 0 Å². The lowest BCUT2D eigenvalue weighted by Crippen LogP contribution is -2.36. The molecule has 0 atom stereocenters. The van der Waals surface area contributed by atoms with Crippen molar-refractivity contribution in [2.45, 2.75) is 33.1 Å². The molecule has 20 heavy (non-hydrogen) atoms. The van der Waals surface area contributed by atoms with Crippen LogP contribution >= 0.6 is 0 Å². The van der Waals surface area contributed by atoms with Crippen molar-refractivity contribution in [3.8, 4) is 0 Å². The van der Waals surface area contributed by atoms with Gasteiger partial charge in [-0.1, -0.05) is 13.8 Å². The zero-order valence-corrected chi connectivity index (χ0v) is 12.6. The number of nitrogens with zero attached hydrogens (tertiary/aromatic N) is 3. The van der Waals surface area contributed by atoms with E-state index in [-0.39, 0.29) is 5.91 Å². The molecule has 0 radical (unpaired) electrons. The van der Waals surface area contributed by atoms with Gasteiger partial charge in [-0.05, 0) is 18.9 Å². The normalized spacial score (nSPS) is 17.4. The Bertz CT molecular complexity index is 402. The minimum absolute atomic E-state index is 0.257. The van der Waals surface area contributed by atoms with E-state index in [1.54, 1.807) is 12.4 Å². The summed E-state index contributed by atoms with van der Waals surface area (Å²) in [5, 5.41) is 0. The number of imidazole rings is 1. The average molecular weight is 278 g/mol. The highest BCUT2D eigenvalue weighted by molar-refractivity contribution is 5.76. The van der Waals surface area contributed by atoms with E-state index in [4.69, 9.17) is 0 Å². The molecule has 0 bridgehead atoms. The second-order valence-corrected chi connectivity index (χ2v) is 5.96. The largest absolute Gasteiger partial charge is 0.349 e. The molecule has 0 saturated carbocycles. The lowest BCUT2D eigenvalue weighted by molar-refractivity contribution is -0.131. The zero-order chi connectivity index (χ0) is 14.4. The molecule has 1 saturated heterocycles. The standard InChI is InChI=1S/C15H26N4O/c1-13(2)12-18-8-3-9-19(11-10-18)15(20)5-4-14-16-6-7-17-14/h6-7,13H,3-5,8-12H2,1-2H3,(H,16,17). The molecule has 1 fully saturated rings. The van der Waals surface area contributed by atoms with Crippen molar-refractivity contribution >= 4 is 5.91 Å². The maximum absolute atomic E-state index is 12.2. The Kier molecular flexibility index (Phi) is 5.59. The number of nitrogens with one attached hydrogen (secondary N) is 1. The topological polar surface area (TPSA) is 52.2 Å². The molecule has 1 aliphatic heterocycles. The van der Waals surface area contributed by atoms with Crippen molar-refractivity contribution in [3.63, 3.8) is 0 Å². The molecule has 1 aromatic heterocycles. The predicted molar refractivity (Wildman–Crippen MR) is 79.4 cm³/mol. The van der Waals surface area contributed by atoms with Gasteiger partial charge in [0.25, 0.3) is 0 Å². The molecule has 1 aromatic rings. The Labute approximate surface area is 121 Å². The van der Waals surface area contributed by atoms with Crippen molar-refractivity contribution in [1.82, 2.24) is 19.8 Å². The summed E-state index contributed by atoms with van der Waals surface area (Å²) in [6.07, 6.45) is 5.88. The van der Waals surface area contributed by atoms with Gasteiger partial charge < -0.3 is 14.8 Å². The second-order valence-electron chi connectivity index (χ2n) is 5.96. The number of carbonyl (C=O) groups excluding carboxylic acids is 1. The number of rotatable bonds is 5. The number of amides is 1. The second kappa shape index (κ2) is 7.43. The Morgan fingerprint density at radius 3 is 2.90 bits per heavy atom. The summed E-state index contributed by atoms with van der Waals surface area (Å²) in [7, 11) is 0. The predicted octanol–water partition coefficient (Wildman–Crippen LogP) is 1.53. The lowest BCUT2D eigenvalue weighted by Gasteiger charge is -2.23. The van der Waals surface area contributed by atoms with Crippen molar-refractivity contribution in [2.75, 3.05) is 32.7 Å². The van der Waals surface area contributed by atoms with Gasteiger partial charge in [-0.25, -0.2) is 4.98 Å². The van der Waals surface area contributed by atoms with E-state index in [0.29, 0.717) is 18.8 Å². The van der Waals surface area contributed by atoms with Crippen molar-refractivity contribution in [1.29, 1.82) is 0 Å². The molecular formula is C15H26N4O. The van der Waals surface area contributed by atoms with Crippen LogP contribution in [0.25, 0.3) is 0 Å². The van der Waals surface area contributed by atoms with Crippen LogP contribution in [-0.2, 0) is 11.2 Å². The maximum Gasteiger partial charge on any atom is 0.223 e. The van der Waals surface area contributed by atoms with E-state index in [2.05, 4.69) is 28.7 Å². The Balaban J connectivity index is 1.76. The first kappa shape index (κ1) is 15.0. The molecule has 1 amide bonds. The Hall–Kier alpha value is -1.36. The van der Waals surface area contributed by atoms with Gasteiger partial charge in [-0.15, -0.1) is 0 Å². The summed E-state index contributed by atoms with van der Waals surface area (Å²) in [6, 6.07) is 0. The summed E-state index contributed by atoms with van der Waals surface area (Å²) in [5.41, 5.74) is 0. The van der Waals surface area contributed by atoms with Crippen LogP contribution in [0.3, 0.4) is 0 Å². The van der Waals surface area contributed by atoms with Gasteiger partial charge in [-0.3, -0.25) is 4.79 Å². The van der Waals surface area contributed by atoms with Crippen molar-refractivity contribution < 1.29 is 4.79 Å². The first-order valence-electron chi connectivity index (χ1n) is 7.63. The minimum atomic E-state index is 0.257. The van der Waals surface area contributed by atoms with Crippen LogP contribution in [0, 0.1) is 5.92 Å². The molecule has 112 valence electrons. The van der Waals surface area contributed by atoms with Crippen LogP contribution in [0.1, 0.15) is 32.5 Å². The third-order valence-electron chi connectivity index (χ3n) is 3.70. The van der Waals surface area contributed by atoms with E-state index in [1.165, 1.54) is 0 Å². The Morgan fingerprint density at radius 1 is 1.35 bits per heavy atom. The van der Waals surface area contributed by atoms with E-state index in [9.17, 15) is 4.79 Å². The van der Waals surface area contributed by atoms with Crippen LogP contribution in [0.2, 0.25) is 0 Å². The third kappa shape index (κ3) is 4.63. The molecule has 2 heterocycles. The summed E-state index contributed by atoms with van der Waals surface area (Å²) >= 11 is 0. The van der Waals surface area contributed by atoms with Crippen LogP contribution in [0.5, 0.6) is 0 Å². The highest BCUT2D eigenvalue weighted by Crippen LogP contribution is 2.08. The van der Waals surface area contributed by atoms with Crippen LogP contribution < -0.4 is 0 Å². The smallest absolute Gasteiger partial charge is 0.223 e. The molecule has 1 N–H and O–H groups in total. The summed E-state index contributed by atoms with van der Waals surface area (Å²) < 4.78 is 0. The van der Waals surface area contributed by atoms with Crippen LogP contribution in [0.15, 0.2) is 12.4 Å². The first-order valence-corrected chi connectivity index (χ1v) is 7.63. The fraction of sp³-hybridized carbons (Fsp3) is 0.733. The van der Waals surface area contributed by atoms with Gasteiger partial charge in [0.2, 0.25) is 5.91 Å². The zero-order valence-electron chi connectivity index (χ0n) is 12.6. The molecule has 0 spiro atoms. The van der Waals surface area contributed by atoms with Gasteiger partial charge in [0.1, 0.15) is 5.82 Å². The molecular weight excluding hydrogens is 252 g/mol. The molecule has 0 unspecified atom stereocenters. The number of H-pyrrole nitrogens is 1. The van der Waals surface area contributed by atoms with Crippen LogP contribution in [-0.4, -0.2) is 58.4 Å². The molecule has 2 rings (SSSR count). The molecule has 0 aliphatic carbocycles. The first-order chi connectivity index (χ1) is 9.65. The summed E-state index contributed by atoms with van der Waals surface area (Å²) in [4.78, 5) is 23.9. The average Bonchev–Trinajstić information content (AvgIpc) is 2.82. The fourth-order valence-corrected chi connectivity index (χ4v) is 2.74. The molecule has 1 aliphatic rings. The SMILES string of the molecule is CC(C)CN1CCCN(C(=O)CCc2ncc[nH]2)CC1. The lowest BCUT2D eigenvalue weighted by atomic mass is 10.2. The monoisotopic (exact) mass is 278 g/mol. The van der Waals surface area contributed by atoms with Gasteiger partial charge in [0.05, 0.1) is 0 Å². The Morgan fingerprint density at radius 2 is 2.20 bits per heavy atom. The molecule has 0 aromatic carbocycles. The van der Waals surface area contributed by atoms with E-state index >= 15 is 0 Å². The number of aryl methyl sites for hydroxylation is 1. The number of aromatic nitrogens is 2. The quantitative estimate of drug-likeness (QED) is 0.888. The van der Waals surface area contributed by atoms with Gasteiger partial charge in [0, 0.05) is 51.4 Å². The number of aromatic amines is 1. The fourth-order valence-electron chi connectivity index (χ4n) is 2.74. The summed E-state index contributed by atoms with van der Waals surface area (Å²) in [6.45, 7) is 9.50.